The molecule has 10 heteroatoms. The quantitative estimate of drug-likeness (QED) is 0.390. The van der Waals surface area contributed by atoms with Gasteiger partial charge in [0.15, 0.2) is 5.78 Å². The minimum Gasteiger partial charge on any atom is -0.292 e. The van der Waals surface area contributed by atoms with Gasteiger partial charge in [0.2, 0.25) is 11.6 Å². The average molecular weight is 442 g/mol. The first-order chi connectivity index (χ1) is 10.5. The van der Waals surface area contributed by atoms with Crippen LogP contribution in [0.1, 0.15) is 27.4 Å². The number of rotatable bonds is 0. The summed E-state index contributed by atoms with van der Waals surface area (Å²) in [7, 11) is 0. The smallest absolute Gasteiger partial charge is 0.249 e. The van der Waals surface area contributed by atoms with E-state index in [9.17, 15) is 14.4 Å². The molecule has 0 fully saturated rings. The van der Waals surface area contributed by atoms with Crippen LogP contribution in [0.15, 0.2) is 8.95 Å². The van der Waals surface area contributed by atoms with E-state index in [2.05, 4.69) is 50.6 Å². The molecule has 7 nitrogen and oxygen atoms in total. The molecule has 0 spiro atoms. The van der Waals surface area contributed by atoms with Gasteiger partial charge < -0.3 is 0 Å². The summed E-state index contributed by atoms with van der Waals surface area (Å²) >= 11 is 7.78. The van der Waals surface area contributed by atoms with Crippen LogP contribution in [0.4, 0.5) is 0 Å². The van der Waals surface area contributed by atoms with Crippen molar-refractivity contribution in [3.63, 3.8) is 0 Å². The fourth-order valence-corrected chi connectivity index (χ4v) is 4.14. The van der Waals surface area contributed by atoms with Crippen LogP contribution in [0.3, 0.4) is 0 Å². The molecule has 2 aromatic heterocycles. The van der Waals surface area contributed by atoms with Gasteiger partial charge in [0.1, 0.15) is 33.5 Å². The molecular weight excluding hydrogens is 440 g/mol. The monoisotopic (exact) mass is 440 g/mol. The standard InChI is InChI=1S/C12H2Br2N4O3S/c13-4-7-8(5(14)10-9(4)17-22-18-10)16-11-6(15-7)2(19)1-3(20)12(11)21/h1H2. The van der Waals surface area contributed by atoms with Crippen molar-refractivity contribution < 1.29 is 14.4 Å². The zero-order valence-electron chi connectivity index (χ0n) is 10.4. The summed E-state index contributed by atoms with van der Waals surface area (Å²) in [5, 5.41) is 0. The van der Waals surface area contributed by atoms with Gasteiger partial charge in [0, 0.05) is 0 Å². The highest BCUT2D eigenvalue weighted by molar-refractivity contribution is 9.11. The third-order valence-electron chi connectivity index (χ3n) is 3.27. The predicted molar refractivity (Wildman–Crippen MR) is 84.2 cm³/mol. The summed E-state index contributed by atoms with van der Waals surface area (Å²) in [5.74, 6) is -2.06. The van der Waals surface area contributed by atoms with E-state index < -0.39 is 23.8 Å². The number of hydrogen-bond donors (Lipinski definition) is 0. The van der Waals surface area contributed by atoms with Gasteiger partial charge in [0.05, 0.1) is 27.1 Å². The van der Waals surface area contributed by atoms with Gasteiger partial charge in [-0.2, -0.15) is 8.75 Å². The van der Waals surface area contributed by atoms with Crippen molar-refractivity contribution in [2.75, 3.05) is 0 Å². The molecule has 0 atom stereocenters. The van der Waals surface area contributed by atoms with Gasteiger partial charge >= 0.3 is 0 Å². The first kappa shape index (κ1) is 14.0. The molecule has 2 heterocycles. The Hall–Kier alpha value is -1.65. The second kappa shape index (κ2) is 4.67. The molecule has 3 aromatic rings. The van der Waals surface area contributed by atoms with Crippen LogP contribution in [-0.4, -0.2) is 36.1 Å². The molecule has 22 heavy (non-hydrogen) atoms. The predicted octanol–water partition coefficient (Wildman–Crippen LogP) is 2.50. The minimum atomic E-state index is -0.788. The van der Waals surface area contributed by atoms with Gasteiger partial charge in [0.25, 0.3) is 0 Å². The summed E-state index contributed by atoms with van der Waals surface area (Å²) in [5.41, 5.74) is 1.61. The van der Waals surface area contributed by atoms with Crippen LogP contribution in [0, 0.1) is 0 Å². The number of halogens is 2. The third-order valence-corrected chi connectivity index (χ3v) is 5.30. The van der Waals surface area contributed by atoms with E-state index in [1.165, 1.54) is 0 Å². The molecule has 108 valence electrons. The van der Waals surface area contributed by atoms with Crippen LogP contribution in [-0.2, 0) is 4.79 Å². The number of nitrogens with zero attached hydrogens (tertiary/aromatic N) is 4. The molecule has 0 unspecified atom stereocenters. The van der Waals surface area contributed by atoms with E-state index in [4.69, 9.17) is 0 Å². The maximum Gasteiger partial charge on any atom is 0.249 e. The molecule has 4 rings (SSSR count). The lowest BCUT2D eigenvalue weighted by Crippen LogP contribution is -2.29. The fraction of sp³-hybridized carbons (Fsp3) is 0.0833. The highest BCUT2D eigenvalue weighted by Crippen LogP contribution is 2.37. The third kappa shape index (κ3) is 1.74. The Kier molecular flexibility index (Phi) is 2.97. The van der Waals surface area contributed by atoms with Crippen molar-refractivity contribution in [2.24, 2.45) is 0 Å². The molecule has 0 aliphatic heterocycles. The molecule has 1 aliphatic rings. The van der Waals surface area contributed by atoms with Gasteiger partial charge in [-0.3, -0.25) is 14.4 Å². The number of benzene rings is 1. The number of carbonyl (C=O) groups is 3. The van der Waals surface area contributed by atoms with Crippen molar-refractivity contribution >= 4 is 83.0 Å². The van der Waals surface area contributed by atoms with Gasteiger partial charge in [-0.1, -0.05) is 0 Å². The number of ketones is 3. The zero-order valence-corrected chi connectivity index (χ0v) is 14.4. The van der Waals surface area contributed by atoms with Gasteiger partial charge in [-0.05, 0) is 31.9 Å². The van der Waals surface area contributed by atoms with Gasteiger partial charge in [-0.15, -0.1) is 0 Å². The summed E-state index contributed by atoms with van der Waals surface area (Å²) in [6, 6.07) is 0. The summed E-state index contributed by atoms with van der Waals surface area (Å²) in [6.07, 6.45) is -0.467. The molecule has 0 saturated carbocycles. The molecular formula is C12H2Br2N4O3S. The Morgan fingerprint density at radius 1 is 0.773 bits per heavy atom. The zero-order chi connectivity index (χ0) is 15.6. The van der Waals surface area contributed by atoms with E-state index in [-0.39, 0.29) is 11.4 Å². The Morgan fingerprint density at radius 2 is 1.32 bits per heavy atom. The van der Waals surface area contributed by atoms with Crippen LogP contribution in [0.2, 0.25) is 0 Å². The molecule has 1 aromatic carbocycles. The second-order valence-corrected chi connectivity index (χ2v) is 6.67. The maximum absolute atomic E-state index is 12.0. The number of aromatic nitrogens is 4. The van der Waals surface area contributed by atoms with Gasteiger partial charge in [-0.25, -0.2) is 9.97 Å². The largest absolute Gasteiger partial charge is 0.292 e. The number of carbonyl (C=O) groups excluding carboxylic acids is 3. The molecule has 0 bridgehead atoms. The number of Topliss-reactive ketones (excluding diaryl/α,β-unsaturated/α-hetero) is 3. The minimum absolute atomic E-state index is 0.0766. The van der Waals surface area contributed by atoms with E-state index >= 15 is 0 Å². The number of hydrogen-bond acceptors (Lipinski definition) is 8. The van der Waals surface area contributed by atoms with Crippen molar-refractivity contribution in [3.05, 3.63) is 20.3 Å². The van der Waals surface area contributed by atoms with E-state index in [1.54, 1.807) is 0 Å². The summed E-state index contributed by atoms with van der Waals surface area (Å²) in [4.78, 5) is 43.9. The highest BCUT2D eigenvalue weighted by Gasteiger charge is 2.34. The Morgan fingerprint density at radius 3 is 1.91 bits per heavy atom. The van der Waals surface area contributed by atoms with Crippen LogP contribution < -0.4 is 0 Å². The van der Waals surface area contributed by atoms with Crippen molar-refractivity contribution in [1.82, 2.24) is 18.7 Å². The molecule has 0 N–H and O–H groups in total. The van der Waals surface area contributed by atoms with Crippen molar-refractivity contribution in [2.45, 2.75) is 6.42 Å². The first-order valence-corrected chi connectivity index (χ1v) is 8.22. The summed E-state index contributed by atoms with van der Waals surface area (Å²) in [6.45, 7) is 0. The molecule has 1 aliphatic carbocycles. The van der Waals surface area contributed by atoms with Crippen LogP contribution >= 0.6 is 43.6 Å². The SMILES string of the molecule is O=C1CC(=O)c2nc3c(Br)c4nsnc4c(Br)c3nc2C1=O. The molecule has 0 radical (unpaired) electrons. The van der Waals surface area contributed by atoms with Crippen molar-refractivity contribution in [1.29, 1.82) is 0 Å². The summed E-state index contributed by atoms with van der Waals surface area (Å²) < 4.78 is 9.38. The first-order valence-electron chi connectivity index (χ1n) is 5.90. The number of fused-ring (bicyclic) bond motifs is 3. The van der Waals surface area contributed by atoms with Crippen LogP contribution in [0.25, 0.3) is 22.1 Å². The highest BCUT2D eigenvalue weighted by atomic mass is 79.9. The Labute approximate surface area is 142 Å². The van der Waals surface area contributed by atoms with Crippen molar-refractivity contribution in [3.8, 4) is 0 Å². The van der Waals surface area contributed by atoms with E-state index in [1.807, 2.05) is 0 Å². The lowest BCUT2D eigenvalue weighted by Gasteiger charge is -2.13. The van der Waals surface area contributed by atoms with E-state index in [0.717, 1.165) is 11.7 Å². The maximum atomic E-state index is 12.0. The van der Waals surface area contributed by atoms with E-state index in [0.29, 0.717) is 31.0 Å². The normalized spacial score (nSPS) is 14.9. The lowest BCUT2D eigenvalue weighted by molar-refractivity contribution is -0.114. The second-order valence-electron chi connectivity index (χ2n) is 4.56. The fourth-order valence-electron chi connectivity index (χ4n) is 2.24. The van der Waals surface area contributed by atoms with Crippen LogP contribution in [0.5, 0.6) is 0 Å². The Bertz CT molecular complexity index is 1050. The molecule has 0 amide bonds. The molecule has 0 saturated heterocycles. The average Bonchev–Trinajstić information content (AvgIpc) is 2.99. The Balaban J connectivity index is 2.20. The lowest BCUT2D eigenvalue weighted by atomic mass is 9.96. The topological polar surface area (TPSA) is 103 Å².